The average Bonchev–Trinajstić information content (AvgIpc) is 2.08. The molecule has 0 radical (unpaired) electrons. The fraction of sp³-hybridized carbons (Fsp3) is 0.333. The summed E-state index contributed by atoms with van der Waals surface area (Å²) < 4.78 is 0. The quantitative estimate of drug-likeness (QED) is 0.724. The zero-order chi connectivity index (χ0) is 9.68. The van der Waals surface area contributed by atoms with Crippen molar-refractivity contribution < 1.29 is 10.0 Å². The van der Waals surface area contributed by atoms with Gasteiger partial charge in [0.05, 0.1) is 0 Å². The molecule has 0 bridgehead atoms. The van der Waals surface area contributed by atoms with Crippen molar-refractivity contribution in [2.24, 2.45) is 0 Å². The van der Waals surface area contributed by atoms with Crippen molar-refractivity contribution in [1.82, 2.24) is 0 Å². The van der Waals surface area contributed by atoms with E-state index in [2.05, 4.69) is 0 Å². The van der Waals surface area contributed by atoms with Gasteiger partial charge >= 0.3 is 7.12 Å². The Morgan fingerprint density at radius 2 is 1.77 bits per heavy atom. The minimum Gasteiger partial charge on any atom is -0.427 e. The van der Waals surface area contributed by atoms with Crippen LogP contribution in [0.3, 0.4) is 0 Å². The Labute approximate surface area is 83.3 Å². The zero-order valence-electron chi connectivity index (χ0n) is 7.28. The van der Waals surface area contributed by atoms with Crippen LogP contribution >= 0.6 is 11.6 Å². The van der Waals surface area contributed by atoms with Crippen LogP contribution in [-0.4, -0.2) is 17.2 Å². The van der Waals surface area contributed by atoms with Crippen LogP contribution in [-0.2, 0) is 6.42 Å². The van der Waals surface area contributed by atoms with Gasteiger partial charge in [-0.15, -0.1) is 0 Å². The maximum atomic E-state index is 8.61. The number of rotatable bonds is 4. The van der Waals surface area contributed by atoms with Crippen molar-refractivity contribution in [3.63, 3.8) is 0 Å². The molecule has 0 saturated carbocycles. The van der Waals surface area contributed by atoms with E-state index in [-0.39, 0.29) is 0 Å². The fourth-order valence-electron chi connectivity index (χ4n) is 1.14. The summed E-state index contributed by atoms with van der Waals surface area (Å²) in [6.07, 6.45) is 2.05. The van der Waals surface area contributed by atoms with Crippen LogP contribution in [0.15, 0.2) is 24.3 Å². The number of hydrogen-bond acceptors (Lipinski definition) is 2. The Morgan fingerprint density at radius 3 is 2.31 bits per heavy atom. The second kappa shape index (κ2) is 5.27. The lowest BCUT2D eigenvalue weighted by molar-refractivity contribution is 0.403. The Morgan fingerprint density at radius 1 is 1.15 bits per heavy atom. The first-order valence-electron chi connectivity index (χ1n) is 4.29. The van der Waals surface area contributed by atoms with E-state index in [0.29, 0.717) is 6.32 Å². The van der Waals surface area contributed by atoms with Gasteiger partial charge in [-0.3, -0.25) is 0 Å². The van der Waals surface area contributed by atoms with Crippen molar-refractivity contribution >= 4 is 18.7 Å². The summed E-state index contributed by atoms with van der Waals surface area (Å²) >= 11 is 5.72. The highest BCUT2D eigenvalue weighted by Crippen LogP contribution is 2.11. The van der Waals surface area contributed by atoms with E-state index in [4.69, 9.17) is 21.6 Å². The first kappa shape index (κ1) is 10.6. The van der Waals surface area contributed by atoms with Gasteiger partial charge in [0.15, 0.2) is 0 Å². The van der Waals surface area contributed by atoms with E-state index in [9.17, 15) is 0 Å². The molecule has 2 nitrogen and oxygen atoms in total. The van der Waals surface area contributed by atoms with E-state index in [0.717, 1.165) is 17.9 Å². The van der Waals surface area contributed by atoms with Crippen LogP contribution in [0.5, 0.6) is 0 Å². The molecule has 0 aliphatic rings. The van der Waals surface area contributed by atoms with E-state index < -0.39 is 7.12 Å². The van der Waals surface area contributed by atoms with Gasteiger partial charge in [0, 0.05) is 5.02 Å². The molecule has 13 heavy (non-hydrogen) atoms. The molecule has 0 heterocycles. The summed E-state index contributed by atoms with van der Waals surface area (Å²) in [7, 11) is -1.19. The van der Waals surface area contributed by atoms with Crippen molar-refractivity contribution in [2.75, 3.05) is 0 Å². The normalized spacial score (nSPS) is 10.1. The lowest BCUT2D eigenvalue weighted by Crippen LogP contribution is -2.09. The Hall–Kier alpha value is -0.505. The maximum absolute atomic E-state index is 8.61. The van der Waals surface area contributed by atoms with Crippen LogP contribution in [0.4, 0.5) is 0 Å². The van der Waals surface area contributed by atoms with Gasteiger partial charge in [-0.25, -0.2) is 0 Å². The predicted octanol–water partition coefficient (Wildman–Crippen LogP) is 1.75. The molecule has 1 aromatic rings. The van der Waals surface area contributed by atoms with E-state index in [1.54, 1.807) is 0 Å². The topological polar surface area (TPSA) is 40.5 Å². The fourth-order valence-corrected chi connectivity index (χ4v) is 1.27. The number of halogens is 1. The molecule has 70 valence electrons. The second-order valence-electron chi connectivity index (χ2n) is 3.00. The SMILES string of the molecule is OB(O)CCCc1ccc(Cl)cc1. The van der Waals surface area contributed by atoms with Crippen LogP contribution in [0.25, 0.3) is 0 Å². The molecule has 0 amide bonds. The van der Waals surface area contributed by atoms with Crippen LogP contribution < -0.4 is 0 Å². The summed E-state index contributed by atoms with van der Waals surface area (Å²) in [4.78, 5) is 0. The number of aryl methyl sites for hydroxylation is 1. The molecule has 1 aromatic carbocycles. The summed E-state index contributed by atoms with van der Waals surface area (Å²) in [5.74, 6) is 0. The van der Waals surface area contributed by atoms with Gasteiger partial charge in [-0.1, -0.05) is 30.2 Å². The number of benzene rings is 1. The average molecular weight is 198 g/mol. The summed E-state index contributed by atoms with van der Waals surface area (Å²) in [5, 5.41) is 17.9. The predicted molar refractivity (Wildman–Crippen MR) is 54.8 cm³/mol. The molecular formula is C9H12BClO2. The summed E-state index contributed by atoms with van der Waals surface area (Å²) in [6, 6.07) is 7.58. The van der Waals surface area contributed by atoms with Crippen molar-refractivity contribution in [3.05, 3.63) is 34.9 Å². The zero-order valence-corrected chi connectivity index (χ0v) is 8.04. The molecule has 4 heteroatoms. The van der Waals surface area contributed by atoms with Gasteiger partial charge in [-0.05, 0) is 30.4 Å². The van der Waals surface area contributed by atoms with Crippen molar-refractivity contribution in [3.8, 4) is 0 Å². The van der Waals surface area contributed by atoms with Gasteiger partial charge in [0.2, 0.25) is 0 Å². The molecule has 0 unspecified atom stereocenters. The summed E-state index contributed by atoms with van der Waals surface area (Å²) in [6.45, 7) is 0. The van der Waals surface area contributed by atoms with E-state index >= 15 is 0 Å². The standard InChI is InChI=1S/C9H12BClO2/c11-9-5-3-8(4-6-9)2-1-7-10(12)13/h3-6,12-13H,1-2,7H2. The molecule has 2 N–H and O–H groups in total. The molecule has 0 aliphatic carbocycles. The third kappa shape index (κ3) is 4.32. The molecule has 0 spiro atoms. The first-order chi connectivity index (χ1) is 6.18. The Bertz CT molecular complexity index is 248. The molecule has 0 saturated heterocycles. The first-order valence-corrected chi connectivity index (χ1v) is 4.67. The Kier molecular flexibility index (Phi) is 4.29. The highest BCUT2D eigenvalue weighted by molar-refractivity contribution is 6.40. The molecule has 0 fully saturated rings. The molecule has 0 atom stereocenters. The monoisotopic (exact) mass is 198 g/mol. The minimum atomic E-state index is -1.19. The van der Waals surface area contributed by atoms with Gasteiger partial charge < -0.3 is 10.0 Å². The van der Waals surface area contributed by atoms with Crippen LogP contribution in [0, 0.1) is 0 Å². The van der Waals surface area contributed by atoms with E-state index in [1.807, 2.05) is 24.3 Å². The number of hydrogen-bond donors (Lipinski definition) is 2. The highest BCUT2D eigenvalue weighted by atomic mass is 35.5. The molecule has 0 aromatic heterocycles. The van der Waals surface area contributed by atoms with Crippen molar-refractivity contribution in [1.29, 1.82) is 0 Å². The van der Waals surface area contributed by atoms with Crippen molar-refractivity contribution in [2.45, 2.75) is 19.2 Å². The van der Waals surface area contributed by atoms with Crippen LogP contribution in [0.1, 0.15) is 12.0 Å². The smallest absolute Gasteiger partial charge is 0.427 e. The van der Waals surface area contributed by atoms with Gasteiger partial charge in [0.1, 0.15) is 0 Å². The highest BCUT2D eigenvalue weighted by Gasteiger charge is 2.05. The lowest BCUT2D eigenvalue weighted by atomic mass is 9.83. The van der Waals surface area contributed by atoms with E-state index in [1.165, 1.54) is 5.56 Å². The van der Waals surface area contributed by atoms with Gasteiger partial charge in [-0.2, -0.15) is 0 Å². The second-order valence-corrected chi connectivity index (χ2v) is 3.44. The minimum absolute atomic E-state index is 0.419. The lowest BCUT2D eigenvalue weighted by Gasteiger charge is -2.00. The maximum Gasteiger partial charge on any atom is 0.451 e. The molecule has 1 rings (SSSR count). The Balaban J connectivity index is 2.33. The summed E-state index contributed by atoms with van der Waals surface area (Å²) in [5.41, 5.74) is 1.17. The third-order valence-electron chi connectivity index (χ3n) is 1.84. The molecule has 0 aliphatic heterocycles. The van der Waals surface area contributed by atoms with Gasteiger partial charge in [0.25, 0.3) is 0 Å². The largest absolute Gasteiger partial charge is 0.451 e. The third-order valence-corrected chi connectivity index (χ3v) is 2.09. The molecular weight excluding hydrogens is 186 g/mol. The van der Waals surface area contributed by atoms with Crippen LogP contribution in [0.2, 0.25) is 11.3 Å².